The molecule has 25 heavy (non-hydrogen) atoms. The van der Waals surface area contributed by atoms with Gasteiger partial charge in [-0.25, -0.2) is 14.6 Å². The Bertz CT molecular complexity index is 691. The normalized spacial score (nSPS) is 11.0. The fourth-order valence-electron chi connectivity index (χ4n) is 2.22. The Morgan fingerprint density at radius 2 is 2.16 bits per heavy atom. The Morgan fingerprint density at radius 1 is 1.32 bits per heavy atom. The van der Waals surface area contributed by atoms with E-state index >= 15 is 0 Å². The lowest BCUT2D eigenvalue weighted by molar-refractivity contribution is -0.118. The topological polar surface area (TPSA) is 94.0 Å². The summed E-state index contributed by atoms with van der Waals surface area (Å²) in [5, 5.41) is 12.1. The first-order chi connectivity index (χ1) is 12.2. The maximum absolute atomic E-state index is 11.0. The number of hydrogen-bond acceptors (Lipinski definition) is 7. The molecule has 2 heterocycles. The highest BCUT2D eigenvalue weighted by Gasteiger charge is 2.13. The summed E-state index contributed by atoms with van der Waals surface area (Å²) >= 11 is 1.63. The smallest absolute Gasteiger partial charge is 0.216 e. The summed E-state index contributed by atoms with van der Waals surface area (Å²) in [5.41, 5.74) is 0.776. The van der Waals surface area contributed by atoms with Crippen molar-refractivity contribution in [1.82, 2.24) is 25.1 Å². The quantitative estimate of drug-likeness (QED) is 0.356. The molecule has 0 bridgehead atoms. The number of nitrogens with zero attached hydrogens (tertiary/aromatic N) is 4. The van der Waals surface area contributed by atoms with Crippen molar-refractivity contribution in [2.75, 3.05) is 37.4 Å². The van der Waals surface area contributed by atoms with Gasteiger partial charge in [-0.15, -0.1) is 0 Å². The Morgan fingerprint density at radius 3 is 2.88 bits per heavy atom. The summed E-state index contributed by atoms with van der Waals surface area (Å²) in [4.78, 5) is 20.3. The zero-order valence-electron chi connectivity index (χ0n) is 15.0. The van der Waals surface area contributed by atoms with Crippen LogP contribution < -0.4 is 10.6 Å². The number of aromatic nitrogens is 4. The van der Waals surface area contributed by atoms with Crippen molar-refractivity contribution >= 4 is 34.5 Å². The highest BCUT2D eigenvalue weighted by molar-refractivity contribution is 7.99. The molecular weight excluding hydrogens is 340 g/mol. The maximum atomic E-state index is 11.0. The van der Waals surface area contributed by atoms with E-state index in [1.165, 1.54) is 6.92 Å². The first-order valence-electron chi connectivity index (χ1n) is 8.58. The molecular formula is C16H26N6O2S. The van der Waals surface area contributed by atoms with Crippen LogP contribution in [-0.4, -0.2) is 57.7 Å². The van der Waals surface area contributed by atoms with E-state index in [1.54, 1.807) is 22.6 Å². The van der Waals surface area contributed by atoms with Gasteiger partial charge >= 0.3 is 0 Å². The fraction of sp³-hybridized carbons (Fsp3) is 0.625. The highest BCUT2D eigenvalue weighted by Crippen LogP contribution is 2.24. The number of carbonyl (C=O) groups excluding carboxylic acids is 1. The van der Waals surface area contributed by atoms with E-state index in [4.69, 9.17) is 4.74 Å². The van der Waals surface area contributed by atoms with Gasteiger partial charge in [-0.1, -0.05) is 18.7 Å². The van der Waals surface area contributed by atoms with E-state index in [9.17, 15) is 4.79 Å². The molecule has 0 unspecified atom stereocenters. The second kappa shape index (κ2) is 10.2. The first kappa shape index (κ1) is 19.5. The van der Waals surface area contributed by atoms with Crippen LogP contribution in [0.15, 0.2) is 11.4 Å². The highest BCUT2D eigenvalue weighted by atomic mass is 32.2. The molecule has 0 atom stereocenters. The number of hydrogen-bond donors (Lipinski definition) is 2. The molecule has 2 aromatic heterocycles. The predicted octanol–water partition coefficient (Wildman–Crippen LogP) is 1.91. The second-order valence-corrected chi connectivity index (χ2v) is 6.48. The lowest BCUT2D eigenvalue weighted by Crippen LogP contribution is -2.24. The third kappa shape index (κ3) is 5.86. The molecule has 2 N–H and O–H groups in total. The molecule has 0 spiro atoms. The van der Waals surface area contributed by atoms with Crippen molar-refractivity contribution in [3.63, 3.8) is 0 Å². The minimum absolute atomic E-state index is 0.0523. The fourth-order valence-corrected chi connectivity index (χ4v) is 2.91. The Balaban J connectivity index is 2.21. The number of ether oxygens (including phenoxy) is 1. The number of carbonyl (C=O) groups is 1. The van der Waals surface area contributed by atoms with Crippen molar-refractivity contribution in [1.29, 1.82) is 0 Å². The summed E-state index contributed by atoms with van der Waals surface area (Å²) in [5.74, 6) is 1.68. The van der Waals surface area contributed by atoms with E-state index in [0.29, 0.717) is 32.8 Å². The minimum atomic E-state index is -0.0523. The average Bonchev–Trinajstić information content (AvgIpc) is 3.00. The van der Waals surface area contributed by atoms with Crippen molar-refractivity contribution in [3.05, 3.63) is 6.20 Å². The molecule has 0 aliphatic heterocycles. The third-order valence-electron chi connectivity index (χ3n) is 3.35. The molecule has 0 fully saturated rings. The molecule has 2 aromatic rings. The van der Waals surface area contributed by atoms with Crippen LogP contribution in [0.5, 0.6) is 0 Å². The molecule has 9 heteroatoms. The van der Waals surface area contributed by atoms with Gasteiger partial charge in [0.2, 0.25) is 5.91 Å². The van der Waals surface area contributed by atoms with Crippen LogP contribution in [0, 0.1) is 0 Å². The maximum Gasteiger partial charge on any atom is 0.216 e. The number of fused-ring (bicyclic) bond motifs is 1. The van der Waals surface area contributed by atoms with Crippen LogP contribution in [0.3, 0.4) is 0 Å². The van der Waals surface area contributed by atoms with Crippen LogP contribution in [0.4, 0.5) is 5.82 Å². The minimum Gasteiger partial charge on any atom is -0.380 e. The first-order valence-corrected chi connectivity index (χ1v) is 9.56. The molecule has 0 aromatic carbocycles. The van der Waals surface area contributed by atoms with Gasteiger partial charge in [0.25, 0.3) is 0 Å². The number of amides is 1. The van der Waals surface area contributed by atoms with E-state index in [-0.39, 0.29) is 5.91 Å². The van der Waals surface area contributed by atoms with E-state index in [2.05, 4.69) is 32.6 Å². The molecule has 0 saturated carbocycles. The summed E-state index contributed by atoms with van der Waals surface area (Å²) < 4.78 is 7.17. The van der Waals surface area contributed by atoms with Gasteiger partial charge in [-0.2, -0.15) is 5.10 Å². The average molecular weight is 366 g/mol. The van der Waals surface area contributed by atoms with Crippen LogP contribution in [-0.2, 0) is 16.1 Å². The van der Waals surface area contributed by atoms with Crippen molar-refractivity contribution in [3.8, 4) is 0 Å². The van der Waals surface area contributed by atoms with Gasteiger partial charge in [0.05, 0.1) is 24.7 Å². The number of thioether (sulfide) groups is 1. The summed E-state index contributed by atoms with van der Waals surface area (Å²) in [7, 11) is 0. The zero-order chi connectivity index (χ0) is 18.1. The summed E-state index contributed by atoms with van der Waals surface area (Å²) in [6, 6.07) is 0. The van der Waals surface area contributed by atoms with Crippen LogP contribution in [0.25, 0.3) is 11.0 Å². The SMILES string of the molecule is CCCSc1nc(NCCOCC)c2cnn(CCNC(C)=O)c2n1. The molecule has 8 nitrogen and oxygen atoms in total. The summed E-state index contributed by atoms with van der Waals surface area (Å²) in [6.45, 7) is 8.68. The zero-order valence-corrected chi connectivity index (χ0v) is 15.9. The van der Waals surface area contributed by atoms with Crippen LogP contribution in [0.1, 0.15) is 27.2 Å². The van der Waals surface area contributed by atoms with Gasteiger partial charge in [0.15, 0.2) is 10.8 Å². The van der Waals surface area contributed by atoms with Crippen molar-refractivity contribution in [2.24, 2.45) is 0 Å². The van der Waals surface area contributed by atoms with Gasteiger partial charge in [0.1, 0.15) is 5.82 Å². The lowest BCUT2D eigenvalue weighted by atomic mass is 10.4. The molecule has 0 aliphatic carbocycles. The number of anilines is 1. The standard InChI is InChI=1S/C16H26N6O2S/c1-4-10-25-16-20-14(18-7-9-24-5-2)13-11-19-22(15(13)21-16)8-6-17-12(3)23/h11H,4-10H2,1-3H3,(H,17,23)(H,18,20,21). The molecule has 1 amide bonds. The van der Waals surface area contributed by atoms with E-state index < -0.39 is 0 Å². The Kier molecular flexibility index (Phi) is 7.93. The van der Waals surface area contributed by atoms with Gasteiger partial charge in [0, 0.05) is 32.4 Å². The van der Waals surface area contributed by atoms with E-state index in [0.717, 1.165) is 34.2 Å². The molecule has 138 valence electrons. The second-order valence-electron chi connectivity index (χ2n) is 5.41. The largest absolute Gasteiger partial charge is 0.380 e. The monoisotopic (exact) mass is 366 g/mol. The van der Waals surface area contributed by atoms with Gasteiger partial charge < -0.3 is 15.4 Å². The predicted molar refractivity (Wildman–Crippen MR) is 100 cm³/mol. The molecule has 0 aliphatic rings. The number of nitrogens with one attached hydrogen (secondary N) is 2. The third-order valence-corrected chi connectivity index (χ3v) is 4.40. The Hall–Kier alpha value is -1.87. The number of rotatable bonds is 11. The van der Waals surface area contributed by atoms with Crippen LogP contribution >= 0.6 is 11.8 Å². The van der Waals surface area contributed by atoms with E-state index in [1.807, 2.05) is 6.92 Å². The molecule has 0 saturated heterocycles. The van der Waals surface area contributed by atoms with Gasteiger partial charge in [-0.3, -0.25) is 4.79 Å². The Labute approximate surface area is 152 Å². The molecule has 2 rings (SSSR count). The summed E-state index contributed by atoms with van der Waals surface area (Å²) in [6.07, 6.45) is 2.82. The van der Waals surface area contributed by atoms with Gasteiger partial charge in [-0.05, 0) is 13.3 Å². The van der Waals surface area contributed by atoms with Crippen molar-refractivity contribution < 1.29 is 9.53 Å². The van der Waals surface area contributed by atoms with Crippen molar-refractivity contribution in [2.45, 2.75) is 38.9 Å². The van der Waals surface area contributed by atoms with Crippen LogP contribution in [0.2, 0.25) is 0 Å². The molecule has 0 radical (unpaired) electrons. The lowest BCUT2D eigenvalue weighted by Gasteiger charge is -2.09.